The molecule has 0 aliphatic rings. The minimum absolute atomic E-state index is 0.148. The third-order valence-corrected chi connectivity index (χ3v) is 6.90. The number of aromatic nitrogens is 1. The lowest BCUT2D eigenvalue weighted by Gasteiger charge is -2.12. The third kappa shape index (κ3) is 3.41. The fourth-order valence-electron chi connectivity index (χ4n) is 5.09. The summed E-state index contributed by atoms with van der Waals surface area (Å²) in [5.41, 5.74) is 12.9. The molecule has 1 amide bonds. The molecule has 6 rings (SSSR count). The van der Waals surface area contributed by atoms with Crippen LogP contribution in [-0.2, 0) is 6.54 Å². The fourth-order valence-corrected chi connectivity index (χ4v) is 5.09. The molecule has 0 spiro atoms. The third-order valence-electron chi connectivity index (χ3n) is 6.90. The molecule has 0 saturated carbocycles. The number of nitrogens with zero attached hydrogens (tertiary/aromatic N) is 1. The van der Waals surface area contributed by atoms with E-state index in [0.29, 0.717) is 17.9 Å². The quantitative estimate of drug-likeness (QED) is 0.283. The monoisotopic (exact) mass is 475 g/mol. The fraction of sp³-hybridized carbons (Fsp3) is 0.133. The first-order valence-corrected chi connectivity index (χ1v) is 11.8. The molecule has 3 N–H and O–H groups in total. The number of rotatable bonds is 5. The Hall–Kier alpha value is -4.58. The molecule has 2 bridgehead atoms. The molecule has 178 valence electrons. The zero-order chi connectivity index (χ0) is 25.0. The summed E-state index contributed by atoms with van der Waals surface area (Å²) >= 11 is 0. The second kappa shape index (κ2) is 8.27. The predicted octanol–water partition coefficient (Wildman–Crippen LogP) is 6.38. The van der Waals surface area contributed by atoms with Crippen molar-refractivity contribution in [2.24, 2.45) is 0 Å². The molecule has 0 unspecified atom stereocenters. The maximum Gasteiger partial charge on any atom is 0.251 e. The Bertz CT molecular complexity index is 1760. The molecule has 6 nitrogen and oxygen atoms in total. The van der Waals surface area contributed by atoms with Crippen LogP contribution in [0.5, 0.6) is 5.75 Å². The Morgan fingerprint density at radius 3 is 2.44 bits per heavy atom. The molecule has 0 atom stereocenters. The van der Waals surface area contributed by atoms with Crippen LogP contribution in [0, 0.1) is 13.8 Å². The van der Waals surface area contributed by atoms with Gasteiger partial charge in [-0.2, -0.15) is 0 Å². The highest BCUT2D eigenvalue weighted by Crippen LogP contribution is 2.43. The zero-order valence-electron chi connectivity index (χ0n) is 20.3. The van der Waals surface area contributed by atoms with Gasteiger partial charge >= 0.3 is 0 Å². The highest BCUT2D eigenvalue weighted by molar-refractivity contribution is 6.26. The summed E-state index contributed by atoms with van der Waals surface area (Å²) in [6, 6.07) is 21.8. The lowest BCUT2D eigenvalue weighted by Crippen LogP contribution is -2.24. The number of furan rings is 2. The molecule has 0 radical (unpaired) electrons. The van der Waals surface area contributed by atoms with Gasteiger partial charge in [-0.3, -0.25) is 4.79 Å². The van der Waals surface area contributed by atoms with Gasteiger partial charge in [0.15, 0.2) is 0 Å². The van der Waals surface area contributed by atoms with Crippen molar-refractivity contribution in [3.63, 3.8) is 0 Å². The number of nitrogens with one attached hydrogen (secondary N) is 1. The van der Waals surface area contributed by atoms with Crippen molar-refractivity contribution < 1.29 is 13.9 Å². The minimum atomic E-state index is -0.148. The topological polar surface area (TPSA) is 90.4 Å². The van der Waals surface area contributed by atoms with E-state index in [4.69, 9.17) is 14.9 Å². The number of carbonyl (C=O) groups excluding carboxylic acids is 1. The van der Waals surface area contributed by atoms with Crippen LogP contribution in [0.25, 0.3) is 43.8 Å². The van der Waals surface area contributed by atoms with Crippen LogP contribution in [0.4, 0.5) is 5.82 Å². The van der Waals surface area contributed by atoms with Crippen molar-refractivity contribution in [3.8, 4) is 16.9 Å². The number of hydrogen-bond donors (Lipinski definition) is 2. The summed E-state index contributed by atoms with van der Waals surface area (Å²) in [6.45, 7) is 4.26. The van der Waals surface area contributed by atoms with E-state index in [9.17, 15) is 4.79 Å². The van der Waals surface area contributed by atoms with Gasteiger partial charge in [-0.15, -0.1) is 0 Å². The molecule has 3 heterocycles. The van der Waals surface area contributed by atoms with Crippen LogP contribution < -0.4 is 15.8 Å². The number of carbonyl (C=O) groups is 1. The van der Waals surface area contributed by atoms with Gasteiger partial charge in [0.1, 0.15) is 22.7 Å². The van der Waals surface area contributed by atoms with E-state index in [-0.39, 0.29) is 5.91 Å². The van der Waals surface area contributed by atoms with Crippen molar-refractivity contribution in [2.45, 2.75) is 20.4 Å². The normalized spacial score (nSPS) is 11.5. The van der Waals surface area contributed by atoms with E-state index in [1.54, 1.807) is 7.11 Å². The van der Waals surface area contributed by atoms with Crippen molar-refractivity contribution in [3.05, 3.63) is 89.1 Å². The van der Waals surface area contributed by atoms with Crippen LogP contribution in [-0.4, -0.2) is 18.0 Å². The maximum absolute atomic E-state index is 13.0. The first kappa shape index (κ1) is 21.9. The average Bonchev–Trinajstić information content (AvgIpc) is 3.44. The first-order chi connectivity index (χ1) is 17.4. The van der Waals surface area contributed by atoms with Gasteiger partial charge < -0.3 is 20.2 Å². The number of benzene rings is 4. The Labute approximate surface area is 208 Å². The van der Waals surface area contributed by atoms with Crippen molar-refractivity contribution in [2.75, 3.05) is 12.8 Å². The standard InChI is InChI=1S/C30H25N3O3/c1-16-12-27(31)33-17(2)25(16)15-32-30(34)19-9-11-22-24(14-19)29-23-13-18(8-10-21(23)28(22)36-29)20-6-4-5-7-26(20)35-3/h4-14H,15H2,1-3H3,(H2,31,33)(H,32,34). The number of ether oxygens (including phenoxy) is 1. The largest absolute Gasteiger partial charge is 0.496 e. The lowest BCUT2D eigenvalue weighted by atomic mass is 9.97. The molecule has 0 aliphatic carbocycles. The Balaban J connectivity index is 1.36. The Morgan fingerprint density at radius 2 is 1.67 bits per heavy atom. The second-order valence-electron chi connectivity index (χ2n) is 9.09. The summed E-state index contributed by atoms with van der Waals surface area (Å²) in [7, 11) is 1.68. The van der Waals surface area contributed by atoms with Crippen molar-refractivity contribution in [1.82, 2.24) is 10.3 Å². The van der Waals surface area contributed by atoms with Gasteiger partial charge in [0, 0.05) is 44.9 Å². The van der Waals surface area contributed by atoms with E-state index in [1.807, 2.05) is 62.4 Å². The van der Waals surface area contributed by atoms with Gasteiger partial charge in [-0.25, -0.2) is 4.98 Å². The number of para-hydroxylation sites is 1. The van der Waals surface area contributed by atoms with E-state index >= 15 is 0 Å². The maximum atomic E-state index is 13.0. The molecule has 3 aromatic carbocycles. The Morgan fingerprint density at radius 1 is 0.944 bits per heavy atom. The van der Waals surface area contributed by atoms with E-state index in [2.05, 4.69) is 28.5 Å². The number of anilines is 1. The number of aryl methyl sites for hydroxylation is 2. The summed E-state index contributed by atoms with van der Waals surface area (Å²) < 4.78 is 11.8. The zero-order valence-corrected chi connectivity index (χ0v) is 20.3. The molecule has 0 fully saturated rings. The number of hydrogen-bond acceptors (Lipinski definition) is 5. The summed E-state index contributed by atoms with van der Waals surface area (Å²) in [5, 5.41) is 7.06. The summed E-state index contributed by atoms with van der Waals surface area (Å²) in [5.74, 6) is 1.16. The molecule has 6 aromatic rings. The number of nitrogen functional groups attached to an aromatic ring is 1. The highest BCUT2D eigenvalue weighted by Gasteiger charge is 2.20. The first-order valence-electron chi connectivity index (χ1n) is 11.8. The summed E-state index contributed by atoms with van der Waals surface area (Å²) in [6.07, 6.45) is 0. The molecule has 0 aliphatic heterocycles. The number of fused-ring (bicyclic) bond motifs is 8. The van der Waals surface area contributed by atoms with Crippen LogP contribution in [0.1, 0.15) is 27.2 Å². The number of nitrogens with two attached hydrogens (primary N) is 1. The van der Waals surface area contributed by atoms with E-state index in [1.165, 1.54) is 0 Å². The molecular formula is C30H25N3O3. The number of methoxy groups -OCH3 is 1. The van der Waals surface area contributed by atoms with Gasteiger partial charge in [0.25, 0.3) is 5.91 Å². The van der Waals surface area contributed by atoms with E-state index in [0.717, 1.165) is 66.4 Å². The highest BCUT2D eigenvalue weighted by atomic mass is 16.5. The van der Waals surface area contributed by atoms with Crippen LogP contribution in [0.15, 0.2) is 71.1 Å². The predicted molar refractivity (Wildman–Crippen MR) is 144 cm³/mol. The van der Waals surface area contributed by atoms with Gasteiger partial charge in [-0.1, -0.05) is 24.3 Å². The number of pyridine rings is 1. The molecule has 3 aromatic heterocycles. The van der Waals surface area contributed by atoms with Crippen LogP contribution in [0.3, 0.4) is 0 Å². The van der Waals surface area contributed by atoms with Gasteiger partial charge in [0.05, 0.1) is 7.11 Å². The molecule has 36 heavy (non-hydrogen) atoms. The summed E-state index contributed by atoms with van der Waals surface area (Å²) in [4.78, 5) is 17.4. The smallest absolute Gasteiger partial charge is 0.251 e. The molecular weight excluding hydrogens is 450 g/mol. The molecule has 0 saturated heterocycles. The lowest BCUT2D eigenvalue weighted by molar-refractivity contribution is 0.0951. The minimum Gasteiger partial charge on any atom is -0.496 e. The van der Waals surface area contributed by atoms with Crippen molar-refractivity contribution in [1.29, 1.82) is 0 Å². The second-order valence-corrected chi connectivity index (χ2v) is 9.09. The Kier molecular flexibility index (Phi) is 5.04. The number of amides is 1. The van der Waals surface area contributed by atoms with E-state index < -0.39 is 0 Å². The van der Waals surface area contributed by atoms with Crippen molar-refractivity contribution >= 4 is 44.4 Å². The molecule has 6 heteroatoms. The van der Waals surface area contributed by atoms with Gasteiger partial charge in [0.2, 0.25) is 0 Å². The SMILES string of the molecule is COc1ccccc1-c1ccc2c(c1)c1oc2c2ccc(C(=O)NCc3c(C)cc(N)nc3C)cc21. The van der Waals surface area contributed by atoms with Crippen LogP contribution >= 0.6 is 0 Å². The van der Waals surface area contributed by atoms with Crippen LogP contribution in [0.2, 0.25) is 0 Å². The average molecular weight is 476 g/mol. The van der Waals surface area contributed by atoms with Gasteiger partial charge in [-0.05, 0) is 73.0 Å².